The van der Waals surface area contributed by atoms with Gasteiger partial charge in [-0.2, -0.15) is 0 Å². The van der Waals surface area contributed by atoms with E-state index in [1.807, 2.05) is 0 Å². The number of hydrogen-bond acceptors (Lipinski definition) is 2. The van der Waals surface area contributed by atoms with E-state index in [0.29, 0.717) is 12.1 Å². The zero-order valence-corrected chi connectivity index (χ0v) is 9.72. The zero-order valence-electron chi connectivity index (χ0n) is 9.72. The molecule has 0 saturated carbocycles. The molecule has 1 aliphatic rings. The second kappa shape index (κ2) is 7.24. The van der Waals surface area contributed by atoms with Crippen LogP contribution >= 0.6 is 0 Å². The molecule has 0 amide bonds. The fourth-order valence-electron chi connectivity index (χ4n) is 2.15. The summed E-state index contributed by atoms with van der Waals surface area (Å²) in [5.41, 5.74) is 0. The summed E-state index contributed by atoms with van der Waals surface area (Å²) in [4.78, 5) is 0. The molecular formula is C12H25NO. The van der Waals surface area contributed by atoms with Crippen molar-refractivity contribution in [1.82, 2.24) is 5.32 Å². The second-order valence-corrected chi connectivity index (χ2v) is 4.31. The largest absolute Gasteiger partial charge is 0.378 e. The predicted octanol–water partition coefficient (Wildman–Crippen LogP) is 2.72. The molecular weight excluding hydrogens is 174 g/mol. The summed E-state index contributed by atoms with van der Waals surface area (Å²) in [6.45, 7) is 6.62. The van der Waals surface area contributed by atoms with Crippen LogP contribution in [0, 0.1) is 0 Å². The van der Waals surface area contributed by atoms with Gasteiger partial charge in [0.1, 0.15) is 0 Å². The third kappa shape index (κ3) is 4.43. The molecule has 0 aliphatic carbocycles. The number of ether oxygens (including phenoxy) is 1. The van der Waals surface area contributed by atoms with Gasteiger partial charge in [0.15, 0.2) is 0 Å². The molecule has 0 aromatic rings. The lowest BCUT2D eigenvalue weighted by Crippen LogP contribution is -2.33. The minimum atomic E-state index is 0.538. The van der Waals surface area contributed by atoms with Crippen molar-refractivity contribution in [3.8, 4) is 0 Å². The Hall–Kier alpha value is -0.0800. The topological polar surface area (TPSA) is 21.3 Å². The molecule has 0 bridgehead atoms. The molecule has 1 heterocycles. The fraction of sp³-hybridized carbons (Fsp3) is 1.00. The van der Waals surface area contributed by atoms with Gasteiger partial charge in [0.25, 0.3) is 0 Å². The molecule has 0 aromatic carbocycles. The highest BCUT2D eigenvalue weighted by atomic mass is 16.5. The van der Waals surface area contributed by atoms with Gasteiger partial charge in [-0.1, -0.05) is 20.3 Å². The highest BCUT2D eigenvalue weighted by Crippen LogP contribution is 2.18. The Labute approximate surface area is 88.4 Å². The monoisotopic (exact) mass is 199 g/mol. The molecule has 2 unspecified atom stereocenters. The number of rotatable bonds is 7. The first kappa shape index (κ1) is 12.0. The Morgan fingerprint density at radius 1 is 1.36 bits per heavy atom. The second-order valence-electron chi connectivity index (χ2n) is 4.31. The van der Waals surface area contributed by atoms with Crippen LogP contribution in [-0.4, -0.2) is 25.3 Å². The van der Waals surface area contributed by atoms with E-state index in [1.165, 1.54) is 38.5 Å². The van der Waals surface area contributed by atoms with Crippen molar-refractivity contribution in [3.05, 3.63) is 0 Å². The maximum Gasteiger partial charge on any atom is 0.0590 e. The molecule has 1 aliphatic heterocycles. The van der Waals surface area contributed by atoms with Crippen LogP contribution in [-0.2, 0) is 4.74 Å². The predicted molar refractivity (Wildman–Crippen MR) is 60.6 cm³/mol. The quantitative estimate of drug-likeness (QED) is 0.680. The van der Waals surface area contributed by atoms with Crippen LogP contribution in [0.4, 0.5) is 0 Å². The van der Waals surface area contributed by atoms with Gasteiger partial charge in [0.2, 0.25) is 0 Å². The minimum Gasteiger partial charge on any atom is -0.378 e. The maximum absolute atomic E-state index is 5.67. The van der Waals surface area contributed by atoms with Crippen molar-refractivity contribution in [1.29, 1.82) is 0 Å². The summed E-state index contributed by atoms with van der Waals surface area (Å²) in [6, 6.07) is 0.683. The van der Waals surface area contributed by atoms with Crippen LogP contribution < -0.4 is 5.32 Å². The molecule has 1 rings (SSSR count). The van der Waals surface area contributed by atoms with Gasteiger partial charge < -0.3 is 10.1 Å². The SMILES string of the molecule is CCCNC(CCC)CC1CCCO1. The van der Waals surface area contributed by atoms with Crippen molar-refractivity contribution in [2.24, 2.45) is 0 Å². The summed E-state index contributed by atoms with van der Waals surface area (Å²) in [6.07, 6.45) is 8.08. The van der Waals surface area contributed by atoms with Crippen LogP contribution in [0.25, 0.3) is 0 Å². The van der Waals surface area contributed by atoms with Gasteiger partial charge in [-0.15, -0.1) is 0 Å². The molecule has 84 valence electrons. The Morgan fingerprint density at radius 3 is 2.79 bits per heavy atom. The van der Waals surface area contributed by atoms with E-state index < -0.39 is 0 Å². The van der Waals surface area contributed by atoms with Gasteiger partial charge in [0.05, 0.1) is 6.10 Å². The summed E-state index contributed by atoms with van der Waals surface area (Å²) >= 11 is 0. The molecule has 2 heteroatoms. The highest BCUT2D eigenvalue weighted by Gasteiger charge is 2.19. The summed E-state index contributed by atoms with van der Waals surface area (Å²) < 4.78 is 5.67. The molecule has 1 fully saturated rings. The third-order valence-corrected chi connectivity index (χ3v) is 2.89. The molecule has 0 spiro atoms. The van der Waals surface area contributed by atoms with Crippen molar-refractivity contribution in [2.45, 2.75) is 64.5 Å². The Kier molecular flexibility index (Phi) is 6.20. The Bertz CT molecular complexity index is 132. The third-order valence-electron chi connectivity index (χ3n) is 2.89. The minimum absolute atomic E-state index is 0.538. The van der Waals surface area contributed by atoms with Crippen LogP contribution in [0.2, 0.25) is 0 Å². The van der Waals surface area contributed by atoms with Crippen molar-refractivity contribution in [2.75, 3.05) is 13.2 Å². The number of hydrogen-bond donors (Lipinski definition) is 1. The highest BCUT2D eigenvalue weighted by molar-refractivity contribution is 4.74. The molecule has 0 radical (unpaired) electrons. The van der Waals surface area contributed by atoms with E-state index in [4.69, 9.17) is 4.74 Å². The van der Waals surface area contributed by atoms with E-state index in [2.05, 4.69) is 19.2 Å². The Balaban J connectivity index is 2.18. The average Bonchev–Trinajstić information content (AvgIpc) is 2.67. The van der Waals surface area contributed by atoms with Gasteiger partial charge in [0, 0.05) is 12.6 Å². The van der Waals surface area contributed by atoms with E-state index in [0.717, 1.165) is 13.2 Å². The lowest BCUT2D eigenvalue weighted by Gasteiger charge is -2.21. The Morgan fingerprint density at radius 2 is 2.21 bits per heavy atom. The first-order valence-corrected chi connectivity index (χ1v) is 6.21. The van der Waals surface area contributed by atoms with Gasteiger partial charge >= 0.3 is 0 Å². The van der Waals surface area contributed by atoms with E-state index in [9.17, 15) is 0 Å². The summed E-state index contributed by atoms with van der Waals surface area (Å²) in [7, 11) is 0. The number of nitrogens with one attached hydrogen (secondary N) is 1. The van der Waals surface area contributed by atoms with Crippen molar-refractivity contribution in [3.63, 3.8) is 0 Å². The molecule has 14 heavy (non-hydrogen) atoms. The first-order chi connectivity index (χ1) is 6.86. The molecule has 0 aromatic heterocycles. The zero-order chi connectivity index (χ0) is 10.2. The van der Waals surface area contributed by atoms with Crippen molar-refractivity contribution >= 4 is 0 Å². The van der Waals surface area contributed by atoms with E-state index in [-0.39, 0.29) is 0 Å². The van der Waals surface area contributed by atoms with Crippen LogP contribution in [0.15, 0.2) is 0 Å². The van der Waals surface area contributed by atoms with E-state index >= 15 is 0 Å². The van der Waals surface area contributed by atoms with Crippen LogP contribution in [0.3, 0.4) is 0 Å². The molecule has 2 nitrogen and oxygen atoms in total. The lowest BCUT2D eigenvalue weighted by molar-refractivity contribution is 0.0935. The fourth-order valence-corrected chi connectivity index (χ4v) is 2.15. The molecule has 2 atom stereocenters. The normalized spacial score (nSPS) is 24.0. The standard InChI is InChI=1S/C12H25NO/c1-3-6-11(13-8-4-2)10-12-7-5-9-14-12/h11-13H,3-10H2,1-2H3. The molecule has 1 N–H and O–H groups in total. The van der Waals surface area contributed by atoms with Crippen molar-refractivity contribution < 1.29 is 4.74 Å². The van der Waals surface area contributed by atoms with Gasteiger partial charge in [-0.3, -0.25) is 0 Å². The van der Waals surface area contributed by atoms with Gasteiger partial charge in [-0.25, -0.2) is 0 Å². The summed E-state index contributed by atoms with van der Waals surface area (Å²) in [5.74, 6) is 0. The smallest absolute Gasteiger partial charge is 0.0590 e. The maximum atomic E-state index is 5.67. The van der Waals surface area contributed by atoms with E-state index in [1.54, 1.807) is 0 Å². The van der Waals surface area contributed by atoms with Crippen LogP contribution in [0.5, 0.6) is 0 Å². The first-order valence-electron chi connectivity index (χ1n) is 6.21. The molecule has 1 saturated heterocycles. The average molecular weight is 199 g/mol. The van der Waals surface area contributed by atoms with Gasteiger partial charge in [-0.05, 0) is 38.6 Å². The lowest BCUT2D eigenvalue weighted by atomic mass is 10.0. The summed E-state index contributed by atoms with van der Waals surface area (Å²) in [5, 5.41) is 3.62. The van der Waals surface area contributed by atoms with Crippen LogP contribution in [0.1, 0.15) is 52.4 Å².